The van der Waals surface area contributed by atoms with E-state index in [1.165, 1.54) is 5.56 Å². The maximum Gasteiger partial charge on any atom is 0.317 e. The summed E-state index contributed by atoms with van der Waals surface area (Å²) in [6, 6.07) is 4.13. The molecule has 1 aromatic heterocycles. The Balaban J connectivity index is 1.39. The predicted molar refractivity (Wildman–Crippen MR) is 106 cm³/mol. The third-order valence-electron chi connectivity index (χ3n) is 5.71. The number of pyridine rings is 1. The number of nitrogens with one attached hydrogen (secondary N) is 2. The second kappa shape index (κ2) is 9.23. The number of hydrogen-bond donors (Lipinski definition) is 3. The topological polar surface area (TPSA) is 104 Å². The van der Waals surface area contributed by atoms with E-state index in [2.05, 4.69) is 27.8 Å². The van der Waals surface area contributed by atoms with Gasteiger partial charge in [0.1, 0.15) is 5.82 Å². The molecule has 0 atom stereocenters. The van der Waals surface area contributed by atoms with E-state index in [1.54, 1.807) is 12.0 Å². The lowest BCUT2D eigenvalue weighted by Gasteiger charge is -2.39. The van der Waals surface area contributed by atoms with E-state index in [-0.39, 0.29) is 12.5 Å². The zero-order valence-corrected chi connectivity index (χ0v) is 16.5. The molecule has 8 nitrogen and oxygen atoms in total. The molecule has 28 heavy (non-hydrogen) atoms. The number of aliphatic carboxylic acids is 1. The Bertz CT molecular complexity index is 701. The van der Waals surface area contributed by atoms with E-state index >= 15 is 0 Å². The van der Waals surface area contributed by atoms with Gasteiger partial charge in [-0.25, -0.2) is 9.78 Å². The van der Waals surface area contributed by atoms with Crippen molar-refractivity contribution in [3.63, 3.8) is 0 Å². The maximum atomic E-state index is 12.4. The fourth-order valence-electron chi connectivity index (χ4n) is 3.93. The summed E-state index contributed by atoms with van der Waals surface area (Å²) >= 11 is 0. The van der Waals surface area contributed by atoms with Gasteiger partial charge in [0.15, 0.2) is 0 Å². The van der Waals surface area contributed by atoms with Crippen LogP contribution in [0.5, 0.6) is 0 Å². The van der Waals surface area contributed by atoms with Crippen molar-refractivity contribution in [2.45, 2.75) is 50.5 Å². The molecule has 0 unspecified atom stereocenters. The SMILES string of the molecule is COC1(CC(=O)O)CCN(C(=O)NCCCc2ccc3c(n2)NCCC3)CC1. The van der Waals surface area contributed by atoms with E-state index in [0.29, 0.717) is 32.5 Å². The third-order valence-corrected chi connectivity index (χ3v) is 5.71. The van der Waals surface area contributed by atoms with Crippen molar-refractivity contribution in [3.8, 4) is 0 Å². The summed E-state index contributed by atoms with van der Waals surface area (Å²) in [5.41, 5.74) is 1.66. The monoisotopic (exact) mass is 390 g/mol. The summed E-state index contributed by atoms with van der Waals surface area (Å²) in [6.45, 7) is 2.58. The number of carboxylic acids is 1. The summed E-state index contributed by atoms with van der Waals surface area (Å²) in [6.07, 6.45) is 4.93. The molecule has 2 aliphatic rings. The Morgan fingerprint density at radius 3 is 2.86 bits per heavy atom. The molecular formula is C20H30N4O4. The molecule has 154 valence electrons. The van der Waals surface area contributed by atoms with Gasteiger partial charge in [0.05, 0.1) is 12.0 Å². The minimum Gasteiger partial charge on any atom is -0.481 e. The minimum absolute atomic E-state index is 0.0262. The maximum absolute atomic E-state index is 12.4. The quantitative estimate of drug-likeness (QED) is 0.616. The number of piperidine rings is 1. The van der Waals surface area contributed by atoms with Crippen molar-refractivity contribution in [2.75, 3.05) is 38.6 Å². The van der Waals surface area contributed by atoms with Gasteiger partial charge >= 0.3 is 12.0 Å². The van der Waals surface area contributed by atoms with Crippen molar-refractivity contribution in [3.05, 3.63) is 23.4 Å². The van der Waals surface area contributed by atoms with Gasteiger partial charge in [-0.1, -0.05) is 6.07 Å². The van der Waals surface area contributed by atoms with Crippen molar-refractivity contribution in [2.24, 2.45) is 0 Å². The average molecular weight is 390 g/mol. The zero-order chi connectivity index (χ0) is 20.0. The first kappa shape index (κ1) is 20.4. The molecular weight excluding hydrogens is 360 g/mol. The average Bonchev–Trinajstić information content (AvgIpc) is 2.71. The number of likely N-dealkylation sites (tertiary alicyclic amines) is 1. The molecule has 3 N–H and O–H groups in total. The molecule has 0 spiro atoms. The Labute approximate surface area is 165 Å². The second-order valence-corrected chi connectivity index (χ2v) is 7.62. The molecule has 2 aliphatic heterocycles. The summed E-state index contributed by atoms with van der Waals surface area (Å²) in [7, 11) is 1.54. The Morgan fingerprint density at radius 2 is 2.14 bits per heavy atom. The molecule has 3 heterocycles. The molecule has 0 saturated carbocycles. The van der Waals surface area contributed by atoms with E-state index < -0.39 is 11.6 Å². The first-order chi connectivity index (χ1) is 13.5. The van der Waals surface area contributed by atoms with Crippen LogP contribution in [-0.2, 0) is 22.4 Å². The van der Waals surface area contributed by atoms with Crippen LogP contribution in [0, 0.1) is 0 Å². The van der Waals surface area contributed by atoms with Gasteiger partial charge in [0, 0.05) is 39.0 Å². The van der Waals surface area contributed by atoms with Crippen LogP contribution in [0.2, 0.25) is 0 Å². The number of ether oxygens (including phenoxy) is 1. The van der Waals surface area contributed by atoms with E-state index in [1.807, 2.05) is 0 Å². The normalized spacial score (nSPS) is 18.1. The number of aromatic nitrogens is 1. The number of amides is 2. The van der Waals surface area contributed by atoms with E-state index in [0.717, 1.165) is 43.7 Å². The highest BCUT2D eigenvalue weighted by atomic mass is 16.5. The van der Waals surface area contributed by atoms with E-state index in [4.69, 9.17) is 9.84 Å². The highest BCUT2D eigenvalue weighted by molar-refractivity contribution is 5.74. The van der Waals surface area contributed by atoms with Crippen LogP contribution in [0.3, 0.4) is 0 Å². The van der Waals surface area contributed by atoms with Crippen LogP contribution >= 0.6 is 0 Å². The Kier molecular flexibility index (Phi) is 6.72. The molecule has 0 bridgehead atoms. The van der Waals surface area contributed by atoms with Gasteiger partial charge in [-0.05, 0) is 50.2 Å². The molecule has 0 aliphatic carbocycles. The second-order valence-electron chi connectivity index (χ2n) is 7.62. The van der Waals surface area contributed by atoms with Crippen LogP contribution < -0.4 is 10.6 Å². The highest BCUT2D eigenvalue weighted by Gasteiger charge is 2.37. The smallest absolute Gasteiger partial charge is 0.317 e. The van der Waals surface area contributed by atoms with Gasteiger partial charge in [-0.2, -0.15) is 0 Å². The fourth-order valence-corrected chi connectivity index (χ4v) is 3.93. The first-order valence-corrected chi connectivity index (χ1v) is 10.0. The molecule has 0 aromatic carbocycles. The molecule has 3 rings (SSSR count). The van der Waals surface area contributed by atoms with Crippen LogP contribution in [0.4, 0.5) is 10.6 Å². The highest BCUT2D eigenvalue weighted by Crippen LogP contribution is 2.29. The van der Waals surface area contributed by atoms with Gasteiger partial charge in [-0.15, -0.1) is 0 Å². The fraction of sp³-hybridized carbons (Fsp3) is 0.650. The van der Waals surface area contributed by atoms with Gasteiger partial charge in [0.25, 0.3) is 0 Å². The third kappa shape index (κ3) is 5.13. The number of carbonyl (C=O) groups excluding carboxylic acids is 1. The van der Waals surface area contributed by atoms with Gasteiger partial charge in [-0.3, -0.25) is 4.79 Å². The summed E-state index contributed by atoms with van der Waals surface area (Å²) in [5, 5.41) is 15.4. The number of nitrogens with zero attached hydrogens (tertiary/aromatic N) is 2. The van der Waals surface area contributed by atoms with Crippen LogP contribution in [0.1, 0.15) is 43.4 Å². The van der Waals surface area contributed by atoms with E-state index in [9.17, 15) is 9.59 Å². The standard InChI is InChI=1S/C20H30N4O4/c1-28-20(14-17(25)26)8-12-24(13-9-20)19(27)22-11-3-5-16-7-6-15-4-2-10-21-18(15)23-16/h6-7H,2-5,8-14H2,1H3,(H,21,23)(H,22,27)(H,25,26). The molecule has 1 fully saturated rings. The lowest BCUT2D eigenvalue weighted by atomic mass is 9.88. The lowest BCUT2D eigenvalue weighted by Crippen LogP contribution is -2.51. The Morgan fingerprint density at radius 1 is 1.36 bits per heavy atom. The lowest BCUT2D eigenvalue weighted by molar-refractivity contribution is -0.146. The molecule has 1 saturated heterocycles. The number of fused-ring (bicyclic) bond motifs is 1. The minimum atomic E-state index is -0.870. The molecule has 2 amide bonds. The van der Waals surface area contributed by atoms with Crippen LogP contribution in [0.25, 0.3) is 0 Å². The summed E-state index contributed by atoms with van der Waals surface area (Å²) < 4.78 is 5.45. The number of carbonyl (C=O) groups is 2. The van der Waals surface area contributed by atoms with Crippen molar-refractivity contribution >= 4 is 17.8 Å². The number of aryl methyl sites for hydroxylation is 2. The zero-order valence-electron chi connectivity index (χ0n) is 16.5. The van der Waals surface area contributed by atoms with Gasteiger partial charge < -0.3 is 25.4 Å². The van der Waals surface area contributed by atoms with Gasteiger partial charge in [0.2, 0.25) is 0 Å². The first-order valence-electron chi connectivity index (χ1n) is 10.0. The molecule has 1 aromatic rings. The number of anilines is 1. The molecule has 8 heteroatoms. The molecule has 0 radical (unpaired) electrons. The van der Waals surface area contributed by atoms with Crippen molar-refractivity contribution < 1.29 is 19.4 Å². The summed E-state index contributed by atoms with van der Waals surface area (Å²) in [5.74, 6) is 0.134. The number of carboxylic acid groups (broad SMARTS) is 1. The number of urea groups is 1. The van der Waals surface area contributed by atoms with Crippen LogP contribution in [0.15, 0.2) is 12.1 Å². The van der Waals surface area contributed by atoms with Crippen molar-refractivity contribution in [1.29, 1.82) is 0 Å². The number of hydrogen-bond acceptors (Lipinski definition) is 5. The predicted octanol–water partition coefficient (Wildman–Crippen LogP) is 2.04. The number of methoxy groups -OCH3 is 1. The largest absolute Gasteiger partial charge is 0.481 e. The Hall–Kier alpha value is -2.35. The van der Waals surface area contributed by atoms with Crippen LogP contribution in [-0.4, -0.2) is 65.9 Å². The van der Waals surface area contributed by atoms with Crippen molar-refractivity contribution in [1.82, 2.24) is 15.2 Å². The number of rotatable bonds is 7. The summed E-state index contributed by atoms with van der Waals surface area (Å²) in [4.78, 5) is 29.8.